The van der Waals surface area contributed by atoms with Gasteiger partial charge in [-0.1, -0.05) is 141 Å². The van der Waals surface area contributed by atoms with Gasteiger partial charge in [0.05, 0.1) is 12.7 Å². The van der Waals surface area contributed by atoms with E-state index in [0.29, 0.717) is 58.5 Å². The van der Waals surface area contributed by atoms with Crippen LogP contribution in [0.2, 0.25) is 5.15 Å². The molecule has 0 bridgehead atoms. The normalized spacial score (nSPS) is 18.7. The molecule has 5 aromatic rings. The number of likely N-dealkylation sites (tertiary alicyclic amines) is 1. The summed E-state index contributed by atoms with van der Waals surface area (Å²) in [4.78, 5) is 55.7. The molecule has 4 amide bonds. The number of carbonyl (C=O) groups excluding carboxylic acids is 3. The van der Waals surface area contributed by atoms with Crippen LogP contribution in [0.25, 0.3) is 11.1 Å². The number of nitrogens with zero attached hydrogens (tertiary/aromatic N) is 5. The van der Waals surface area contributed by atoms with Crippen molar-refractivity contribution in [2.45, 2.75) is 95.4 Å². The van der Waals surface area contributed by atoms with Crippen molar-refractivity contribution in [2.24, 2.45) is 11.8 Å². The maximum atomic E-state index is 14.7. The number of ether oxygens (including phenoxy) is 3. The Balaban J connectivity index is 0.908. The van der Waals surface area contributed by atoms with Crippen LogP contribution in [0.4, 0.5) is 21.2 Å². The Labute approximate surface area is 462 Å². The van der Waals surface area contributed by atoms with E-state index in [4.69, 9.17) is 37.3 Å². The second-order valence-electron chi connectivity index (χ2n) is 20.9. The van der Waals surface area contributed by atoms with Crippen LogP contribution in [-0.2, 0) is 20.6 Å². The molecular formula is C59H76ClN9O9. The van der Waals surface area contributed by atoms with Gasteiger partial charge < -0.3 is 61.4 Å². The van der Waals surface area contributed by atoms with Crippen molar-refractivity contribution in [3.8, 4) is 11.1 Å². The molecule has 418 valence electrons. The monoisotopic (exact) mass is 1090 g/mol. The van der Waals surface area contributed by atoms with Crippen LogP contribution >= 0.6 is 11.6 Å². The van der Waals surface area contributed by atoms with E-state index in [9.17, 15) is 29.7 Å². The van der Waals surface area contributed by atoms with Gasteiger partial charge in [0, 0.05) is 63.8 Å². The zero-order chi connectivity index (χ0) is 55.1. The van der Waals surface area contributed by atoms with Crippen LogP contribution < -0.4 is 22.1 Å². The number of urea groups is 1. The number of halogens is 1. The topological polar surface area (TPSA) is 251 Å². The van der Waals surface area contributed by atoms with Crippen molar-refractivity contribution in [3.63, 3.8) is 0 Å². The van der Waals surface area contributed by atoms with Gasteiger partial charge in [-0.05, 0) is 84.4 Å². The number of benzene rings is 4. The molecule has 18 nitrogen and oxygen atoms in total. The minimum absolute atomic E-state index is 0.0305. The van der Waals surface area contributed by atoms with Gasteiger partial charge in [0.1, 0.15) is 24.9 Å². The molecule has 9 N–H and O–H groups in total. The molecule has 1 aliphatic carbocycles. The Kier molecular flexibility index (Phi) is 20.7. The first-order valence-electron chi connectivity index (χ1n) is 27.4. The number of amides is 4. The molecule has 2 aliphatic heterocycles. The highest BCUT2D eigenvalue weighted by molar-refractivity contribution is 6.31. The minimum Gasteiger partial charge on any atom is -0.448 e. The number of nitrogens with two attached hydrogens (primary N) is 2. The van der Waals surface area contributed by atoms with E-state index in [1.807, 2.05) is 90.7 Å². The predicted octanol–water partition coefficient (Wildman–Crippen LogP) is 6.94. The number of aliphatic hydroxyl groups excluding tert-OH is 3. The molecule has 0 radical (unpaired) electrons. The van der Waals surface area contributed by atoms with Crippen molar-refractivity contribution in [2.75, 3.05) is 83.6 Å². The number of aromatic nitrogens is 2. The number of aliphatic hydroxyl groups is 3. The summed E-state index contributed by atoms with van der Waals surface area (Å²) in [6.07, 6.45) is -0.293. The smallest absolute Gasteiger partial charge is 0.409 e. The molecule has 2 saturated heterocycles. The highest BCUT2D eigenvalue weighted by Gasteiger charge is 2.40. The number of nitrogens with one attached hydrogen (secondary N) is 2. The molecule has 1 aromatic heterocycles. The van der Waals surface area contributed by atoms with Gasteiger partial charge in [0.2, 0.25) is 0 Å². The van der Waals surface area contributed by atoms with E-state index in [-0.39, 0.29) is 79.1 Å². The number of carbonyl (C=O) groups is 3. The fourth-order valence-corrected chi connectivity index (χ4v) is 11.0. The summed E-state index contributed by atoms with van der Waals surface area (Å²) in [6.45, 7) is 7.43. The molecule has 3 heterocycles. The summed E-state index contributed by atoms with van der Waals surface area (Å²) in [7, 11) is 0. The molecule has 2 fully saturated rings. The summed E-state index contributed by atoms with van der Waals surface area (Å²) in [5.74, 6) is -1.23. The summed E-state index contributed by atoms with van der Waals surface area (Å²) in [6, 6.07) is 33.5. The highest BCUT2D eigenvalue weighted by atomic mass is 35.5. The number of nitrogen functional groups attached to an aromatic ring is 2. The third kappa shape index (κ3) is 15.0. The van der Waals surface area contributed by atoms with E-state index in [0.717, 1.165) is 64.6 Å². The second-order valence-corrected chi connectivity index (χ2v) is 21.2. The maximum Gasteiger partial charge on any atom is 0.409 e. The van der Waals surface area contributed by atoms with Gasteiger partial charge >= 0.3 is 12.1 Å². The largest absolute Gasteiger partial charge is 0.448 e. The fourth-order valence-electron chi connectivity index (χ4n) is 10.9. The van der Waals surface area contributed by atoms with Gasteiger partial charge in [-0.15, -0.1) is 0 Å². The standard InChI is InChI=1S/C59H76ClN9O9/c1-3-4-5-15-27-67(35-48(70)51(72)52-49(71)37-76-57(78-52)41-17-7-6-8-18-41)30-26-63-58(74)68-28-24-39(25-29-68)33-69(59(75)77-36-47-45-22-13-11-20-43(45)44-21-12-14-23-46(44)47)34-40(31-42-19-10-9-16-38(42)2)32-64-56(73)50-54(61)66-55(62)53(60)65-50/h6-14,16-23,39-40,47-49,51-52,57,70-72H,3-5,15,24-37H2,1-2H3,(H,63,74)(H,64,73)(H4,61,62,66)/t40-,48-,49+,51+,52+,57+/m0/s1. The molecular weight excluding hydrogens is 1010 g/mol. The number of anilines is 2. The Morgan fingerprint density at radius 2 is 1.53 bits per heavy atom. The van der Waals surface area contributed by atoms with Crippen LogP contribution in [0, 0.1) is 18.8 Å². The molecule has 6 atom stereocenters. The molecule has 0 saturated carbocycles. The van der Waals surface area contributed by atoms with Gasteiger partial charge in [-0.2, -0.15) is 0 Å². The van der Waals surface area contributed by atoms with Crippen molar-refractivity contribution < 1.29 is 43.9 Å². The number of piperidine rings is 1. The van der Waals surface area contributed by atoms with Gasteiger partial charge in [-0.25, -0.2) is 19.6 Å². The third-order valence-corrected chi connectivity index (χ3v) is 15.5. The quantitative estimate of drug-likeness (QED) is 0.0309. The number of hydrogen-bond acceptors (Lipinski definition) is 14. The van der Waals surface area contributed by atoms with Crippen molar-refractivity contribution in [1.29, 1.82) is 0 Å². The van der Waals surface area contributed by atoms with E-state index >= 15 is 0 Å². The molecule has 78 heavy (non-hydrogen) atoms. The number of rotatable bonds is 24. The lowest BCUT2D eigenvalue weighted by molar-refractivity contribution is -0.283. The highest BCUT2D eigenvalue weighted by Crippen LogP contribution is 2.44. The van der Waals surface area contributed by atoms with Crippen molar-refractivity contribution in [3.05, 3.63) is 142 Å². The van der Waals surface area contributed by atoms with Gasteiger partial charge in [0.25, 0.3) is 5.91 Å². The molecule has 3 aliphatic rings. The summed E-state index contributed by atoms with van der Waals surface area (Å²) >= 11 is 6.15. The first kappa shape index (κ1) is 57.8. The number of unbranched alkanes of at least 4 members (excludes halogenated alkanes) is 3. The lowest BCUT2D eigenvalue weighted by Gasteiger charge is -2.38. The van der Waals surface area contributed by atoms with E-state index in [1.165, 1.54) is 0 Å². The van der Waals surface area contributed by atoms with Crippen molar-refractivity contribution in [1.82, 2.24) is 35.3 Å². The number of fused-ring (bicyclic) bond motifs is 3. The minimum atomic E-state index is -1.39. The summed E-state index contributed by atoms with van der Waals surface area (Å²) < 4.78 is 18.0. The first-order chi connectivity index (χ1) is 37.8. The van der Waals surface area contributed by atoms with Gasteiger partial charge in [0.15, 0.2) is 28.8 Å². The third-order valence-electron chi connectivity index (χ3n) is 15.3. The number of aryl methyl sites for hydroxylation is 1. The average molecular weight is 1090 g/mol. The first-order valence-corrected chi connectivity index (χ1v) is 27.8. The molecule has 4 aromatic carbocycles. The van der Waals surface area contributed by atoms with Crippen molar-refractivity contribution >= 4 is 41.3 Å². The van der Waals surface area contributed by atoms with Crippen LogP contribution in [-0.4, -0.2) is 155 Å². The van der Waals surface area contributed by atoms with Crippen LogP contribution in [0.3, 0.4) is 0 Å². The summed E-state index contributed by atoms with van der Waals surface area (Å²) in [5, 5.41) is 39.4. The Morgan fingerprint density at radius 1 is 0.846 bits per heavy atom. The van der Waals surface area contributed by atoms with E-state index in [1.54, 1.807) is 9.80 Å². The molecule has 19 heteroatoms. The molecule has 0 spiro atoms. The SMILES string of the molecule is CCCCCCN(CCNC(=O)N1CCC(CN(C[C@H](CNC(=O)c2nc(Cl)c(N)nc2N)Cc2ccccc2C)C(=O)OCC2c3ccccc3-c3ccccc32)CC1)C[C@H](O)[C@@H](O)[C@@H]1O[C@H](c2ccccc2)OC[C@H]1O. The lowest BCUT2D eigenvalue weighted by atomic mass is 9.93. The molecule has 8 rings (SSSR count). The maximum absolute atomic E-state index is 14.7. The van der Waals surface area contributed by atoms with Crippen LogP contribution in [0.1, 0.15) is 96.0 Å². The fraction of sp³-hybridized carbons (Fsp3) is 0.475. The Hall–Kier alpha value is -6.38. The second kappa shape index (κ2) is 28.0. The zero-order valence-electron chi connectivity index (χ0n) is 44.7. The lowest BCUT2D eigenvalue weighted by Crippen LogP contribution is -2.54. The Morgan fingerprint density at radius 3 is 2.23 bits per heavy atom. The predicted molar refractivity (Wildman–Crippen MR) is 300 cm³/mol. The average Bonchev–Trinajstić information content (AvgIpc) is 3.77. The zero-order valence-corrected chi connectivity index (χ0v) is 45.5. The Bertz CT molecular complexity index is 2720. The van der Waals surface area contributed by atoms with E-state index in [2.05, 4.69) is 51.8 Å². The summed E-state index contributed by atoms with van der Waals surface area (Å²) in [5.41, 5.74) is 19.0. The van der Waals surface area contributed by atoms with E-state index < -0.39 is 42.7 Å². The molecule has 0 unspecified atom stereocenters. The van der Waals surface area contributed by atoms with Crippen LogP contribution in [0.5, 0.6) is 0 Å². The van der Waals surface area contributed by atoms with Crippen LogP contribution in [0.15, 0.2) is 103 Å². The number of hydrogen-bond donors (Lipinski definition) is 7. The van der Waals surface area contributed by atoms with Gasteiger partial charge in [-0.3, -0.25) is 9.69 Å².